The van der Waals surface area contributed by atoms with Crippen LogP contribution in [0.25, 0.3) is 0 Å². The first-order chi connectivity index (χ1) is 11.4. The van der Waals surface area contributed by atoms with Crippen LogP contribution in [0, 0.1) is 5.92 Å². The minimum Gasteiger partial charge on any atom is -0.396 e. The highest BCUT2D eigenvalue weighted by Crippen LogP contribution is 2.26. The lowest BCUT2D eigenvalue weighted by Gasteiger charge is -2.27. The van der Waals surface area contributed by atoms with Gasteiger partial charge in [0.1, 0.15) is 0 Å². The maximum Gasteiger partial charge on any atom is 0.417 e. The second-order valence-corrected chi connectivity index (χ2v) is 5.96. The number of carbonyl (C=O) groups is 3. The van der Waals surface area contributed by atoms with E-state index in [2.05, 4.69) is 5.32 Å². The zero-order valence-electron chi connectivity index (χ0n) is 14.4. The Balaban J connectivity index is 2.28. The predicted molar refractivity (Wildman–Crippen MR) is 87.3 cm³/mol. The summed E-state index contributed by atoms with van der Waals surface area (Å²) < 4.78 is 1.76. The van der Waals surface area contributed by atoms with Gasteiger partial charge in [-0.1, -0.05) is 6.92 Å². The summed E-state index contributed by atoms with van der Waals surface area (Å²) in [6.07, 6.45) is 3.72. The molecule has 1 saturated heterocycles. The van der Waals surface area contributed by atoms with Crippen molar-refractivity contribution in [2.24, 2.45) is 5.92 Å². The quantitative estimate of drug-likeness (QED) is 0.494. The highest BCUT2D eigenvalue weighted by atomic mass is 16.3. The molecule has 0 spiro atoms. The summed E-state index contributed by atoms with van der Waals surface area (Å²) in [5.41, 5.74) is 0.407. The average molecular weight is 337 g/mol. The minimum atomic E-state index is -0.609. The van der Waals surface area contributed by atoms with Gasteiger partial charge in [0, 0.05) is 20.2 Å². The Morgan fingerprint density at radius 2 is 2.00 bits per heavy atom. The molecule has 1 fully saturated rings. The fourth-order valence-corrected chi connectivity index (χ4v) is 3.00. The molecule has 1 unspecified atom stereocenters. The van der Waals surface area contributed by atoms with E-state index in [-0.39, 0.29) is 18.4 Å². The van der Waals surface area contributed by atoms with Crippen molar-refractivity contribution in [3.05, 3.63) is 11.8 Å². The van der Waals surface area contributed by atoms with Crippen molar-refractivity contribution in [2.75, 3.05) is 33.8 Å². The fourth-order valence-electron chi connectivity index (χ4n) is 3.00. The molecule has 2 heterocycles. The van der Waals surface area contributed by atoms with Crippen LogP contribution in [0.15, 0.2) is 11.8 Å². The number of unbranched alkanes of at least 4 members (excludes halogenated alkanes) is 1. The molecule has 4 amide bonds. The van der Waals surface area contributed by atoms with E-state index in [1.165, 1.54) is 11.9 Å². The Hall–Kier alpha value is -2.22. The minimum absolute atomic E-state index is 0.0915. The first-order valence-corrected chi connectivity index (χ1v) is 8.24. The number of amides is 4. The normalized spacial score (nSPS) is 20.5. The molecule has 0 aliphatic carbocycles. The van der Waals surface area contributed by atoms with Gasteiger partial charge in [-0.2, -0.15) is 4.90 Å². The molecule has 0 aromatic carbocycles. The Bertz CT molecular complexity index is 611. The lowest BCUT2D eigenvalue weighted by Crippen LogP contribution is -2.57. The molecule has 2 rings (SSSR count). The van der Waals surface area contributed by atoms with Gasteiger partial charge >= 0.3 is 6.03 Å². The molecule has 132 valence electrons. The number of carbonyl (C=O) groups excluding carboxylic acids is 3. The Morgan fingerprint density at radius 1 is 1.29 bits per heavy atom. The summed E-state index contributed by atoms with van der Waals surface area (Å²) in [5.74, 6) is -0.648. The number of hydrogen-bond donors (Lipinski definition) is 2. The number of rotatable bonds is 7. The van der Waals surface area contributed by atoms with Crippen molar-refractivity contribution in [2.45, 2.75) is 26.2 Å². The van der Waals surface area contributed by atoms with Crippen molar-refractivity contribution in [3.63, 3.8) is 0 Å². The lowest BCUT2D eigenvalue weighted by atomic mass is 10.0. The van der Waals surface area contributed by atoms with Crippen molar-refractivity contribution in [3.8, 4) is 0 Å². The maximum absolute atomic E-state index is 12.5. The number of aliphatic hydroxyl groups is 1. The lowest BCUT2D eigenvalue weighted by molar-refractivity contribution is -0.473. The molecule has 2 N–H and O–H groups in total. The molecule has 0 radical (unpaired) electrons. The van der Waals surface area contributed by atoms with Crippen molar-refractivity contribution in [1.29, 1.82) is 0 Å². The van der Waals surface area contributed by atoms with Gasteiger partial charge in [-0.15, -0.1) is 0 Å². The van der Waals surface area contributed by atoms with E-state index in [9.17, 15) is 14.4 Å². The highest BCUT2D eigenvalue weighted by Gasteiger charge is 2.51. The number of aliphatic hydroxyl groups excluding tert-OH is 1. The van der Waals surface area contributed by atoms with Crippen LogP contribution in [0.1, 0.15) is 26.2 Å². The summed E-state index contributed by atoms with van der Waals surface area (Å²) in [6.45, 7) is 3.08. The largest absolute Gasteiger partial charge is 0.417 e. The average Bonchev–Trinajstić information content (AvgIpc) is 2.95. The SMILES string of the molecule is CCC[N+]1=C2C(C=C1C(=O)NCCCCO)C(=O)N(C)C(=O)N2C. The van der Waals surface area contributed by atoms with Gasteiger partial charge in [0.25, 0.3) is 17.6 Å². The smallest absolute Gasteiger partial charge is 0.396 e. The number of urea groups is 1. The third kappa shape index (κ3) is 3.19. The number of hydrogen-bond acceptors (Lipinski definition) is 4. The highest BCUT2D eigenvalue weighted by molar-refractivity contribution is 6.19. The van der Waals surface area contributed by atoms with Crippen LogP contribution in [-0.4, -0.2) is 77.0 Å². The second kappa shape index (κ2) is 7.57. The van der Waals surface area contributed by atoms with E-state index in [1.807, 2.05) is 6.92 Å². The molecule has 0 bridgehead atoms. The molecule has 0 aromatic heterocycles. The van der Waals surface area contributed by atoms with E-state index in [4.69, 9.17) is 5.11 Å². The maximum atomic E-state index is 12.5. The Kier molecular flexibility index (Phi) is 5.71. The van der Waals surface area contributed by atoms with E-state index in [1.54, 1.807) is 17.7 Å². The summed E-state index contributed by atoms with van der Waals surface area (Å²) in [4.78, 5) is 39.6. The van der Waals surface area contributed by atoms with Crippen LogP contribution in [0.4, 0.5) is 4.79 Å². The molecule has 2 aliphatic rings. The number of nitrogens with zero attached hydrogens (tertiary/aromatic N) is 3. The number of amidine groups is 1. The molecule has 24 heavy (non-hydrogen) atoms. The third-order valence-corrected chi connectivity index (χ3v) is 4.23. The number of nitrogens with one attached hydrogen (secondary N) is 1. The molecular weight excluding hydrogens is 312 g/mol. The summed E-state index contributed by atoms with van der Waals surface area (Å²) in [5, 5.41) is 11.6. The predicted octanol–water partition coefficient (Wildman–Crippen LogP) is -0.266. The van der Waals surface area contributed by atoms with Gasteiger partial charge in [-0.3, -0.25) is 9.59 Å². The van der Waals surface area contributed by atoms with Gasteiger partial charge in [0.05, 0.1) is 13.6 Å². The van der Waals surface area contributed by atoms with Crippen LogP contribution >= 0.6 is 0 Å². The summed E-state index contributed by atoms with van der Waals surface area (Å²) >= 11 is 0. The van der Waals surface area contributed by atoms with Crippen LogP contribution in [0.5, 0.6) is 0 Å². The second-order valence-electron chi connectivity index (χ2n) is 5.96. The monoisotopic (exact) mass is 337 g/mol. The molecule has 0 aromatic rings. The van der Waals surface area contributed by atoms with E-state index in [0.717, 1.165) is 11.3 Å². The van der Waals surface area contributed by atoms with Crippen LogP contribution in [0.3, 0.4) is 0 Å². The zero-order valence-corrected chi connectivity index (χ0v) is 14.4. The topological polar surface area (TPSA) is 93.0 Å². The van der Waals surface area contributed by atoms with Gasteiger partial charge in [-0.25, -0.2) is 14.3 Å². The number of imide groups is 1. The van der Waals surface area contributed by atoms with Crippen molar-refractivity contribution in [1.82, 2.24) is 15.1 Å². The first kappa shape index (κ1) is 18.1. The van der Waals surface area contributed by atoms with Gasteiger partial charge in [0.2, 0.25) is 0 Å². The third-order valence-electron chi connectivity index (χ3n) is 4.23. The molecule has 1 atom stereocenters. The van der Waals surface area contributed by atoms with Crippen LogP contribution in [-0.2, 0) is 9.59 Å². The Morgan fingerprint density at radius 3 is 2.62 bits per heavy atom. The fraction of sp³-hybridized carbons (Fsp3) is 0.625. The standard InChI is InChI=1S/C16H24N4O4/c1-4-8-20-12(13(22)17-7-5-6-9-21)10-11-14(20)18(2)16(24)19(3)15(11)23/h10-11,21H,4-9H2,1-3H3/p+1. The molecular formula is C16H25N4O4+. The van der Waals surface area contributed by atoms with E-state index in [0.29, 0.717) is 37.5 Å². The number of fused-ring (bicyclic) bond motifs is 1. The van der Waals surface area contributed by atoms with Crippen LogP contribution < -0.4 is 5.32 Å². The van der Waals surface area contributed by atoms with Gasteiger partial charge < -0.3 is 10.4 Å². The summed E-state index contributed by atoms with van der Waals surface area (Å²) in [7, 11) is 3.06. The molecule has 0 saturated carbocycles. The van der Waals surface area contributed by atoms with Crippen molar-refractivity contribution < 1.29 is 24.1 Å². The van der Waals surface area contributed by atoms with Crippen LogP contribution in [0.2, 0.25) is 0 Å². The van der Waals surface area contributed by atoms with Gasteiger partial charge in [-0.05, 0) is 25.3 Å². The van der Waals surface area contributed by atoms with Crippen molar-refractivity contribution >= 4 is 23.7 Å². The first-order valence-electron chi connectivity index (χ1n) is 8.24. The van der Waals surface area contributed by atoms with E-state index >= 15 is 0 Å². The molecule has 2 aliphatic heterocycles. The zero-order chi connectivity index (χ0) is 17.9. The summed E-state index contributed by atoms with van der Waals surface area (Å²) in [6, 6.07) is -0.398. The van der Waals surface area contributed by atoms with E-state index < -0.39 is 11.9 Å². The molecule has 8 heteroatoms. The molecule has 8 nitrogen and oxygen atoms in total. The van der Waals surface area contributed by atoms with Gasteiger partial charge in [0.15, 0.2) is 11.6 Å². The Labute approximate surface area is 141 Å².